The fraction of sp³-hybridized carbons (Fsp3) is 0.364. The number of benzene rings is 1. The molecule has 1 N–H and O–H groups in total. The number of ether oxygens (including phenoxy) is 1. The number of amides is 1. The van der Waals surface area contributed by atoms with Crippen molar-refractivity contribution in [1.82, 2.24) is 5.32 Å². The summed E-state index contributed by atoms with van der Waals surface area (Å²) >= 11 is 0. The maximum absolute atomic E-state index is 12.1. The van der Waals surface area contributed by atoms with Gasteiger partial charge in [0.15, 0.2) is 5.75 Å². The summed E-state index contributed by atoms with van der Waals surface area (Å²) in [4.78, 5) is 20.8. The summed E-state index contributed by atoms with van der Waals surface area (Å²) in [6, 6.07) is 2.59. The van der Waals surface area contributed by atoms with Gasteiger partial charge in [0.05, 0.1) is 18.1 Å². The van der Waals surface area contributed by atoms with Crippen LogP contribution in [0.15, 0.2) is 18.2 Å². The van der Waals surface area contributed by atoms with Gasteiger partial charge in [0.25, 0.3) is 0 Å². The Morgan fingerprint density at radius 3 is 2.50 bits per heavy atom. The number of hydrogen-bond acceptors (Lipinski definition) is 4. The van der Waals surface area contributed by atoms with E-state index < -0.39 is 23.0 Å². The minimum Gasteiger partial charge on any atom is -0.490 e. The minimum atomic E-state index is -4.99. The van der Waals surface area contributed by atoms with Gasteiger partial charge in [0, 0.05) is 6.07 Å². The van der Waals surface area contributed by atoms with Gasteiger partial charge in [0.2, 0.25) is 0 Å². The van der Waals surface area contributed by atoms with Crippen LogP contribution in [0.1, 0.15) is 18.5 Å². The van der Waals surface area contributed by atoms with Gasteiger partial charge in [-0.1, -0.05) is 0 Å². The van der Waals surface area contributed by atoms with Gasteiger partial charge in [-0.25, -0.2) is 0 Å². The topological polar surface area (TPSA) is 81.5 Å². The van der Waals surface area contributed by atoms with Crippen LogP contribution < -0.4 is 10.1 Å². The number of nitrogens with one attached hydrogen (secondary N) is 1. The van der Waals surface area contributed by atoms with Crippen molar-refractivity contribution in [3.8, 4) is 5.75 Å². The highest BCUT2D eigenvalue weighted by atomic mass is 19.4. The molecule has 110 valence electrons. The third kappa shape index (κ3) is 3.59. The molecule has 9 heteroatoms. The van der Waals surface area contributed by atoms with Gasteiger partial charge < -0.3 is 10.1 Å². The number of carbonyl (C=O) groups is 1. The molecule has 0 saturated heterocycles. The van der Waals surface area contributed by atoms with Crippen molar-refractivity contribution in [1.29, 1.82) is 0 Å². The molecule has 0 aromatic heterocycles. The lowest BCUT2D eigenvalue weighted by Gasteiger charge is -2.16. The molecule has 0 heterocycles. The molecule has 0 radical (unpaired) electrons. The quantitative estimate of drug-likeness (QED) is 0.682. The smallest absolute Gasteiger partial charge is 0.471 e. The first-order chi connectivity index (χ1) is 9.16. The van der Waals surface area contributed by atoms with Crippen molar-refractivity contribution in [2.75, 3.05) is 7.11 Å². The first-order valence-electron chi connectivity index (χ1n) is 5.36. The normalized spacial score (nSPS) is 12.7. The molecule has 0 spiro atoms. The van der Waals surface area contributed by atoms with Crippen molar-refractivity contribution in [3.63, 3.8) is 0 Å². The fourth-order valence-corrected chi connectivity index (χ4v) is 1.48. The first kappa shape index (κ1) is 15.7. The van der Waals surface area contributed by atoms with E-state index in [1.54, 1.807) is 5.32 Å². The second-order valence-corrected chi connectivity index (χ2v) is 3.88. The third-order valence-electron chi connectivity index (χ3n) is 2.51. The molecule has 0 saturated carbocycles. The SMILES string of the molecule is COc1cc(C(C)NC(=O)C(F)(F)F)ccc1[N+](=O)[O-]. The Hall–Kier alpha value is -2.32. The molecule has 1 rings (SSSR count). The summed E-state index contributed by atoms with van der Waals surface area (Å²) in [5.74, 6) is -2.18. The predicted octanol–water partition coefficient (Wildman–Crippen LogP) is 2.34. The molecule has 20 heavy (non-hydrogen) atoms. The number of alkyl halides is 3. The van der Waals surface area contributed by atoms with Crippen LogP contribution in [0.2, 0.25) is 0 Å². The van der Waals surface area contributed by atoms with E-state index in [9.17, 15) is 28.1 Å². The van der Waals surface area contributed by atoms with Crippen LogP contribution in [0.3, 0.4) is 0 Å². The highest BCUT2D eigenvalue weighted by Gasteiger charge is 2.39. The van der Waals surface area contributed by atoms with E-state index in [0.29, 0.717) is 0 Å². The van der Waals surface area contributed by atoms with Crippen LogP contribution in [0, 0.1) is 10.1 Å². The zero-order valence-corrected chi connectivity index (χ0v) is 10.5. The van der Waals surface area contributed by atoms with E-state index >= 15 is 0 Å². The van der Waals surface area contributed by atoms with Gasteiger partial charge in [-0.2, -0.15) is 13.2 Å². The summed E-state index contributed by atoms with van der Waals surface area (Å²) in [5, 5.41) is 12.4. The lowest BCUT2D eigenvalue weighted by Crippen LogP contribution is -2.38. The van der Waals surface area contributed by atoms with Crippen LogP contribution in [-0.2, 0) is 4.79 Å². The average Bonchev–Trinajstić information content (AvgIpc) is 2.36. The Balaban J connectivity index is 2.97. The molecule has 0 aliphatic heterocycles. The number of hydrogen-bond donors (Lipinski definition) is 1. The first-order valence-corrected chi connectivity index (χ1v) is 5.36. The number of nitro groups is 1. The van der Waals surface area contributed by atoms with Crippen LogP contribution in [0.4, 0.5) is 18.9 Å². The van der Waals surface area contributed by atoms with Gasteiger partial charge in [-0.15, -0.1) is 0 Å². The van der Waals surface area contributed by atoms with Gasteiger partial charge in [0.1, 0.15) is 0 Å². The molecule has 1 amide bonds. The number of carbonyl (C=O) groups excluding carboxylic acids is 1. The van der Waals surface area contributed by atoms with Gasteiger partial charge in [-0.3, -0.25) is 14.9 Å². The minimum absolute atomic E-state index is 0.0967. The Labute approximate surface area is 111 Å². The summed E-state index contributed by atoms with van der Waals surface area (Å²) < 4.78 is 41.1. The number of methoxy groups -OCH3 is 1. The second kappa shape index (κ2) is 5.76. The van der Waals surface area contributed by atoms with Gasteiger partial charge >= 0.3 is 17.8 Å². The van der Waals surface area contributed by atoms with E-state index in [-0.39, 0.29) is 17.0 Å². The Morgan fingerprint density at radius 2 is 2.05 bits per heavy atom. The van der Waals surface area contributed by atoms with Crippen molar-refractivity contribution in [3.05, 3.63) is 33.9 Å². The Kier molecular flexibility index (Phi) is 4.53. The Morgan fingerprint density at radius 1 is 1.45 bits per heavy atom. The highest BCUT2D eigenvalue weighted by Crippen LogP contribution is 2.30. The molecular formula is C11H11F3N2O4. The van der Waals surface area contributed by atoms with Gasteiger partial charge in [-0.05, 0) is 24.6 Å². The molecule has 0 fully saturated rings. The maximum atomic E-state index is 12.1. The zero-order chi connectivity index (χ0) is 15.5. The molecule has 0 aliphatic carbocycles. The number of halogens is 3. The average molecular weight is 292 g/mol. The summed E-state index contributed by atoms with van der Waals surface area (Å²) in [7, 11) is 1.20. The second-order valence-electron chi connectivity index (χ2n) is 3.88. The Bertz CT molecular complexity index is 531. The molecule has 1 aromatic rings. The maximum Gasteiger partial charge on any atom is 0.471 e. The zero-order valence-electron chi connectivity index (χ0n) is 10.5. The summed E-state index contributed by atoms with van der Waals surface area (Å²) in [5.41, 5.74) is -0.0596. The lowest BCUT2D eigenvalue weighted by molar-refractivity contribution is -0.385. The molecule has 1 unspecified atom stereocenters. The summed E-state index contributed by atoms with van der Waals surface area (Å²) in [6.07, 6.45) is -4.99. The largest absolute Gasteiger partial charge is 0.490 e. The van der Waals surface area contributed by atoms with Crippen LogP contribution in [-0.4, -0.2) is 24.1 Å². The standard InChI is InChI=1S/C11H11F3N2O4/c1-6(15-10(17)11(12,13)14)7-3-4-8(16(18)19)9(5-7)20-2/h3-6H,1-2H3,(H,15,17). The lowest BCUT2D eigenvalue weighted by atomic mass is 10.1. The molecular weight excluding hydrogens is 281 g/mol. The number of rotatable bonds is 4. The van der Waals surface area contributed by atoms with Crippen molar-refractivity contribution in [2.45, 2.75) is 19.1 Å². The summed E-state index contributed by atoms with van der Waals surface area (Å²) in [6.45, 7) is 1.32. The van der Waals surface area contributed by atoms with Crippen molar-refractivity contribution < 1.29 is 27.6 Å². The van der Waals surface area contributed by atoms with Crippen LogP contribution >= 0.6 is 0 Å². The fourth-order valence-electron chi connectivity index (χ4n) is 1.48. The van der Waals surface area contributed by atoms with Crippen molar-refractivity contribution >= 4 is 11.6 Å². The number of nitro benzene ring substituents is 1. The molecule has 1 atom stereocenters. The van der Waals surface area contributed by atoms with E-state index in [1.807, 2.05) is 0 Å². The van der Waals surface area contributed by atoms with Crippen LogP contribution in [0.5, 0.6) is 5.75 Å². The number of nitrogens with zero attached hydrogens (tertiary/aromatic N) is 1. The monoisotopic (exact) mass is 292 g/mol. The molecule has 6 nitrogen and oxygen atoms in total. The molecule has 0 bridgehead atoms. The van der Waals surface area contributed by atoms with Crippen molar-refractivity contribution in [2.24, 2.45) is 0 Å². The van der Waals surface area contributed by atoms with E-state index in [4.69, 9.17) is 4.74 Å². The molecule has 0 aliphatic rings. The molecule has 1 aromatic carbocycles. The highest BCUT2D eigenvalue weighted by molar-refractivity contribution is 5.82. The van der Waals surface area contributed by atoms with E-state index in [1.165, 1.54) is 26.2 Å². The predicted molar refractivity (Wildman–Crippen MR) is 62.3 cm³/mol. The van der Waals surface area contributed by atoms with E-state index in [0.717, 1.165) is 6.07 Å². The van der Waals surface area contributed by atoms with E-state index in [2.05, 4.69) is 0 Å². The van der Waals surface area contributed by atoms with Crippen LogP contribution in [0.25, 0.3) is 0 Å². The third-order valence-corrected chi connectivity index (χ3v) is 2.51.